The maximum Gasteiger partial charge on any atom is 0.139 e. The second-order valence-electron chi connectivity index (χ2n) is 6.32. The highest BCUT2D eigenvalue weighted by molar-refractivity contribution is 6.11. The Bertz CT molecular complexity index is 1040. The predicted molar refractivity (Wildman–Crippen MR) is 97.7 cm³/mol. The molecule has 5 heteroatoms. The maximum absolute atomic E-state index is 5.88. The molecule has 1 N–H and O–H groups in total. The van der Waals surface area contributed by atoms with Crippen LogP contribution >= 0.6 is 0 Å². The van der Waals surface area contributed by atoms with Crippen molar-refractivity contribution in [1.82, 2.24) is 19.9 Å². The zero-order valence-electron chi connectivity index (χ0n) is 14.1. The van der Waals surface area contributed by atoms with E-state index >= 15 is 0 Å². The highest BCUT2D eigenvalue weighted by atomic mass is 16.5. The minimum Gasteiger partial charge on any atom is -0.492 e. The minimum absolute atomic E-state index is 0.669. The fourth-order valence-electron chi connectivity index (χ4n) is 3.07. The van der Waals surface area contributed by atoms with Crippen molar-refractivity contribution < 1.29 is 4.74 Å². The third-order valence-corrected chi connectivity index (χ3v) is 4.31. The van der Waals surface area contributed by atoms with E-state index in [1.54, 1.807) is 0 Å². The summed E-state index contributed by atoms with van der Waals surface area (Å²) in [5.74, 6) is 0.880. The third kappa shape index (κ3) is 2.47. The Balaban J connectivity index is 1.86. The van der Waals surface area contributed by atoms with E-state index in [1.807, 2.05) is 38.5 Å². The molecule has 122 valence electrons. The molecular weight excluding hydrogens is 300 g/mol. The Kier molecular flexibility index (Phi) is 3.58. The molecule has 5 nitrogen and oxygen atoms in total. The van der Waals surface area contributed by atoms with Gasteiger partial charge in [0.15, 0.2) is 0 Å². The SMILES string of the molecule is Cc1c2ncccc2nc2[nH]c3ccc(OCCN(C)C)cc3c12. The number of nitrogens with zero attached hydrogens (tertiary/aromatic N) is 3. The molecule has 24 heavy (non-hydrogen) atoms. The lowest BCUT2D eigenvalue weighted by atomic mass is 10.1. The molecule has 0 fully saturated rings. The lowest BCUT2D eigenvalue weighted by Crippen LogP contribution is -2.19. The van der Waals surface area contributed by atoms with Crippen molar-refractivity contribution in [3.63, 3.8) is 0 Å². The van der Waals surface area contributed by atoms with Gasteiger partial charge < -0.3 is 14.6 Å². The van der Waals surface area contributed by atoms with Gasteiger partial charge in [-0.1, -0.05) is 0 Å². The molecule has 0 atom stereocenters. The van der Waals surface area contributed by atoms with Crippen LogP contribution in [0.2, 0.25) is 0 Å². The van der Waals surface area contributed by atoms with Crippen LogP contribution in [-0.2, 0) is 0 Å². The highest BCUT2D eigenvalue weighted by Crippen LogP contribution is 2.32. The van der Waals surface area contributed by atoms with E-state index in [0.717, 1.165) is 50.8 Å². The van der Waals surface area contributed by atoms with Crippen molar-refractivity contribution in [2.75, 3.05) is 27.2 Å². The number of rotatable bonds is 4. The van der Waals surface area contributed by atoms with Crippen LogP contribution in [0.4, 0.5) is 0 Å². The van der Waals surface area contributed by atoms with Gasteiger partial charge in [0.1, 0.15) is 18.0 Å². The zero-order valence-corrected chi connectivity index (χ0v) is 14.1. The van der Waals surface area contributed by atoms with E-state index in [-0.39, 0.29) is 0 Å². The summed E-state index contributed by atoms with van der Waals surface area (Å²) in [6, 6.07) is 10.1. The van der Waals surface area contributed by atoms with E-state index in [9.17, 15) is 0 Å². The van der Waals surface area contributed by atoms with Gasteiger partial charge in [0.2, 0.25) is 0 Å². The fraction of sp³-hybridized carbons (Fsp3) is 0.263. The van der Waals surface area contributed by atoms with E-state index in [0.29, 0.717) is 6.61 Å². The lowest BCUT2D eigenvalue weighted by Gasteiger charge is -2.11. The first kappa shape index (κ1) is 14.9. The summed E-state index contributed by atoms with van der Waals surface area (Å²) >= 11 is 0. The molecule has 0 aliphatic carbocycles. The molecule has 4 rings (SSSR count). The molecule has 0 aliphatic rings. The van der Waals surface area contributed by atoms with Crippen molar-refractivity contribution >= 4 is 33.0 Å². The molecule has 0 aliphatic heterocycles. The molecule has 0 radical (unpaired) electrons. The summed E-state index contributed by atoms with van der Waals surface area (Å²) < 4.78 is 5.88. The van der Waals surface area contributed by atoms with Crippen molar-refractivity contribution in [1.29, 1.82) is 0 Å². The number of hydrogen-bond donors (Lipinski definition) is 1. The van der Waals surface area contributed by atoms with Crippen LogP contribution in [0.3, 0.4) is 0 Å². The smallest absolute Gasteiger partial charge is 0.139 e. The van der Waals surface area contributed by atoms with Crippen LogP contribution in [-0.4, -0.2) is 47.1 Å². The fourth-order valence-corrected chi connectivity index (χ4v) is 3.07. The first-order valence-corrected chi connectivity index (χ1v) is 8.08. The average molecular weight is 320 g/mol. The normalized spacial score (nSPS) is 11.8. The second-order valence-corrected chi connectivity index (χ2v) is 6.32. The van der Waals surface area contributed by atoms with Crippen molar-refractivity contribution in [3.8, 4) is 5.75 Å². The number of benzene rings is 1. The Morgan fingerprint density at radius 2 is 2.08 bits per heavy atom. The third-order valence-electron chi connectivity index (χ3n) is 4.31. The van der Waals surface area contributed by atoms with Crippen LogP contribution in [0.1, 0.15) is 5.56 Å². The number of aromatic amines is 1. The Morgan fingerprint density at radius 3 is 2.92 bits per heavy atom. The molecule has 0 saturated carbocycles. The number of hydrogen-bond acceptors (Lipinski definition) is 4. The van der Waals surface area contributed by atoms with E-state index in [2.05, 4.69) is 33.9 Å². The standard InChI is InChI=1S/C19H20N4O/c1-12-17-14-11-13(24-10-9-23(2)3)6-7-15(14)21-19(17)22-16-5-4-8-20-18(12)16/h4-8,11H,9-10H2,1-3H3,(H,21,22). The van der Waals surface area contributed by atoms with Gasteiger partial charge in [-0.25, -0.2) is 4.98 Å². The highest BCUT2D eigenvalue weighted by Gasteiger charge is 2.13. The largest absolute Gasteiger partial charge is 0.492 e. The number of pyridine rings is 2. The van der Waals surface area contributed by atoms with E-state index in [4.69, 9.17) is 9.72 Å². The summed E-state index contributed by atoms with van der Waals surface area (Å²) in [7, 11) is 4.08. The monoisotopic (exact) mass is 320 g/mol. The van der Waals surface area contributed by atoms with E-state index in [1.165, 1.54) is 0 Å². The van der Waals surface area contributed by atoms with Crippen molar-refractivity contribution in [2.24, 2.45) is 0 Å². The molecule has 0 amide bonds. The molecule has 0 unspecified atom stereocenters. The quantitative estimate of drug-likeness (QED) is 0.625. The molecule has 0 saturated heterocycles. The zero-order chi connectivity index (χ0) is 16.7. The van der Waals surface area contributed by atoms with Crippen LogP contribution in [0.5, 0.6) is 5.75 Å². The summed E-state index contributed by atoms with van der Waals surface area (Å²) in [5, 5.41) is 2.25. The topological polar surface area (TPSA) is 54.0 Å². The van der Waals surface area contributed by atoms with Gasteiger partial charge in [0.25, 0.3) is 0 Å². The average Bonchev–Trinajstić information content (AvgIpc) is 2.92. The number of likely N-dealkylation sites (N-methyl/N-ethyl adjacent to an activating group) is 1. The van der Waals surface area contributed by atoms with Gasteiger partial charge in [-0.05, 0) is 56.9 Å². The number of aromatic nitrogens is 3. The number of nitrogens with one attached hydrogen (secondary N) is 1. The van der Waals surface area contributed by atoms with E-state index < -0.39 is 0 Å². The Hall–Kier alpha value is -2.66. The Labute approximate surface area is 140 Å². The second kappa shape index (κ2) is 5.76. The number of aryl methyl sites for hydroxylation is 1. The number of H-pyrrole nitrogens is 1. The van der Waals surface area contributed by atoms with Gasteiger partial charge >= 0.3 is 0 Å². The van der Waals surface area contributed by atoms with Crippen LogP contribution in [0.15, 0.2) is 36.5 Å². The Morgan fingerprint density at radius 1 is 1.21 bits per heavy atom. The van der Waals surface area contributed by atoms with Crippen LogP contribution < -0.4 is 4.74 Å². The summed E-state index contributed by atoms with van der Waals surface area (Å²) in [6.07, 6.45) is 1.81. The lowest BCUT2D eigenvalue weighted by molar-refractivity contribution is 0.261. The molecule has 0 bridgehead atoms. The predicted octanol–water partition coefficient (Wildman–Crippen LogP) is 3.51. The van der Waals surface area contributed by atoms with Crippen LogP contribution in [0, 0.1) is 6.92 Å². The molecule has 4 aromatic rings. The molecule has 3 aromatic heterocycles. The summed E-state index contributed by atoms with van der Waals surface area (Å²) in [5.41, 5.74) is 4.97. The molecule has 0 spiro atoms. The van der Waals surface area contributed by atoms with Crippen molar-refractivity contribution in [3.05, 3.63) is 42.1 Å². The molecule has 3 heterocycles. The van der Waals surface area contributed by atoms with Gasteiger partial charge in [-0.15, -0.1) is 0 Å². The molecular formula is C19H20N4O. The van der Waals surface area contributed by atoms with Gasteiger partial charge in [0, 0.05) is 29.0 Å². The van der Waals surface area contributed by atoms with Gasteiger partial charge in [-0.3, -0.25) is 4.98 Å². The van der Waals surface area contributed by atoms with Gasteiger partial charge in [0.05, 0.1) is 11.0 Å². The first-order valence-electron chi connectivity index (χ1n) is 8.08. The maximum atomic E-state index is 5.88. The van der Waals surface area contributed by atoms with Crippen LogP contribution in [0.25, 0.3) is 33.0 Å². The van der Waals surface area contributed by atoms with Gasteiger partial charge in [-0.2, -0.15) is 0 Å². The first-order chi connectivity index (χ1) is 11.6. The summed E-state index contributed by atoms with van der Waals surface area (Å²) in [4.78, 5) is 14.7. The van der Waals surface area contributed by atoms with Crippen molar-refractivity contribution in [2.45, 2.75) is 6.92 Å². The number of fused-ring (bicyclic) bond motifs is 4. The number of ether oxygens (including phenoxy) is 1. The summed E-state index contributed by atoms with van der Waals surface area (Å²) in [6.45, 7) is 3.66. The molecule has 1 aromatic carbocycles. The minimum atomic E-state index is 0.669.